The van der Waals surface area contributed by atoms with E-state index in [-0.39, 0.29) is 44.8 Å². The first-order chi connectivity index (χ1) is 8.78. The van der Waals surface area contributed by atoms with E-state index in [9.17, 15) is 0 Å². The molecular weight excluding hydrogens is 392 g/mol. The van der Waals surface area contributed by atoms with Crippen molar-refractivity contribution < 1.29 is 0 Å². The second kappa shape index (κ2) is 10.6. The first kappa shape index (κ1) is 26.8. The average molecular weight is 432 g/mol. The summed E-state index contributed by atoms with van der Waals surface area (Å²) in [5, 5.41) is 0. The van der Waals surface area contributed by atoms with E-state index in [1.54, 1.807) is 0 Å². The number of nitrogens with two attached hydrogens (primary N) is 2. The molecule has 0 heterocycles. The van der Waals surface area contributed by atoms with Crippen molar-refractivity contribution in [3.8, 4) is 0 Å². The third-order valence-electron chi connectivity index (χ3n) is 6.45. The van der Waals surface area contributed by atoms with Crippen molar-refractivity contribution in [2.24, 2.45) is 28.2 Å². The molecule has 0 aliphatic carbocycles. The maximum atomic E-state index is 6.62. The molecule has 0 rings (SSSR count). The molecule has 0 aliphatic rings. The van der Waals surface area contributed by atoms with Crippen LogP contribution in [-0.4, -0.2) is 5.66 Å². The Morgan fingerprint density at radius 2 is 1.10 bits per heavy atom. The lowest BCUT2D eigenvalue weighted by Gasteiger charge is -2.60. The summed E-state index contributed by atoms with van der Waals surface area (Å²) in [5.41, 5.74) is 12.9. The van der Waals surface area contributed by atoms with E-state index in [4.69, 9.17) is 11.5 Å². The van der Waals surface area contributed by atoms with Crippen molar-refractivity contribution in [2.75, 3.05) is 0 Å². The van der Waals surface area contributed by atoms with Gasteiger partial charge in [-0.2, -0.15) is 0 Å². The summed E-state index contributed by atoms with van der Waals surface area (Å²) >= 11 is 0. The van der Waals surface area contributed by atoms with Gasteiger partial charge in [-0.25, -0.2) is 0 Å². The Labute approximate surface area is 154 Å². The van der Waals surface area contributed by atoms with Gasteiger partial charge in [0.15, 0.2) is 0 Å². The lowest BCUT2D eigenvalue weighted by Crippen LogP contribution is -2.68. The summed E-state index contributed by atoms with van der Waals surface area (Å²) in [4.78, 5) is 0. The molecule has 132 valence electrons. The van der Waals surface area contributed by atoms with E-state index in [1.807, 2.05) is 0 Å². The molecular formula is C17H40Br2N2. The first-order valence-electron chi connectivity index (χ1n) is 8.36. The minimum atomic E-state index is -0.577. The summed E-state index contributed by atoms with van der Waals surface area (Å²) in [7, 11) is 0. The van der Waals surface area contributed by atoms with Gasteiger partial charge in [-0.05, 0) is 43.4 Å². The molecule has 0 spiro atoms. The smallest absolute Gasteiger partial charge is 0.0697 e. The third kappa shape index (κ3) is 4.24. The van der Waals surface area contributed by atoms with Crippen molar-refractivity contribution in [1.82, 2.24) is 0 Å². The van der Waals surface area contributed by atoms with Crippen LogP contribution in [0.25, 0.3) is 0 Å². The molecule has 0 aromatic carbocycles. The molecule has 0 bridgehead atoms. The lowest BCUT2D eigenvalue weighted by atomic mass is 9.47. The number of rotatable bonds is 9. The number of hydrogen-bond acceptors (Lipinski definition) is 2. The van der Waals surface area contributed by atoms with E-state index in [0.717, 1.165) is 32.1 Å². The Balaban J connectivity index is -0.00000162. The topological polar surface area (TPSA) is 52.0 Å². The molecule has 0 amide bonds. The predicted molar refractivity (Wildman–Crippen MR) is 108 cm³/mol. The molecule has 0 saturated heterocycles. The largest absolute Gasteiger partial charge is 0.313 e. The molecule has 0 radical (unpaired) electrons. The molecule has 0 fully saturated rings. The normalized spacial score (nSPS) is 14.1. The van der Waals surface area contributed by atoms with Crippen LogP contribution in [0.5, 0.6) is 0 Å². The number of hydrogen-bond donors (Lipinski definition) is 2. The average Bonchev–Trinajstić information content (AvgIpc) is 2.43. The highest BCUT2D eigenvalue weighted by Gasteiger charge is 2.57. The second-order valence-electron chi connectivity index (χ2n) is 6.36. The van der Waals surface area contributed by atoms with Crippen LogP contribution < -0.4 is 11.5 Å². The van der Waals surface area contributed by atoms with Crippen molar-refractivity contribution in [1.29, 1.82) is 0 Å². The SMILES string of the molecule is Br.Br.CCC(C)C(CC)(CC)C(CC)(CC)C(N)(N)CC. The zero-order chi connectivity index (χ0) is 15.3. The fraction of sp³-hybridized carbons (Fsp3) is 1.00. The second-order valence-corrected chi connectivity index (χ2v) is 6.36. The zero-order valence-corrected chi connectivity index (χ0v) is 18.7. The minimum absolute atomic E-state index is 0. The molecule has 1 atom stereocenters. The molecule has 0 saturated carbocycles. The molecule has 2 nitrogen and oxygen atoms in total. The zero-order valence-electron chi connectivity index (χ0n) is 15.3. The van der Waals surface area contributed by atoms with Crippen LogP contribution >= 0.6 is 34.0 Å². The van der Waals surface area contributed by atoms with Gasteiger partial charge in [0.25, 0.3) is 0 Å². The quantitative estimate of drug-likeness (QED) is 0.451. The highest BCUT2D eigenvalue weighted by Crippen LogP contribution is 2.59. The van der Waals surface area contributed by atoms with Gasteiger partial charge in [0.1, 0.15) is 0 Å². The maximum absolute atomic E-state index is 6.62. The van der Waals surface area contributed by atoms with Crippen LogP contribution in [0.1, 0.15) is 87.0 Å². The van der Waals surface area contributed by atoms with Crippen molar-refractivity contribution >= 4 is 34.0 Å². The van der Waals surface area contributed by atoms with Crippen LogP contribution in [0, 0.1) is 16.7 Å². The molecule has 0 aromatic heterocycles. The van der Waals surface area contributed by atoms with Crippen LogP contribution in [0.15, 0.2) is 0 Å². The third-order valence-corrected chi connectivity index (χ3v) is 6.45. The summed E-state index contributed by atoms with van der Waals surface area (Å²) < 4.78 is 0. The Morgan fingerprint density at radius 1 is 0.714 bits per heavy atom. The van der Waals surface area contributed by atoms with Crippen LogP contribution in [0.4, 0.5) is 0 Å². The van der Waals surface area contributed by atoms with Crippen LogP contribution in [0.3, 0.4) is 0 Å². The molecule has 0 aromatic rings. The van der Waals surface area contributed by atoms with Gasteiger partial charge in [-0.3, -0.25) is 0 Å². The van der Waals surface area contributed by atoms with Crippen LogP contribution in [-0.2, 0) is 0 Å². The van der Waals surface area contributed by atoms with E-state index in [1.165, 1.54) is 6.42 Å². The van der Waals surface area contributed by atoms with Gasteiger partial charge in [0.2, 0.25) is 0 Å². The van der Waals surface area contributed by atoms with Crippen LogP contribution in [0.2, 0.25) is 0 Å². The Bertz CT molecular complexity index is 260. The highest BCUT2D eigenvalue weighted by atomic mass is 79.9. The molecule has 4 heteroatoms. The first-order valence-corrected chi connectivity index (χ1v) is 8.36. The van der Waals surface area contributed by atoms with E-state index < -0.39 is 5.66 Å². The van der Waals surface area contributed by atoms with E-state index >= 15 is 0 Å². The number of halogens is 2. The highest BCUT2D eigenvalue weighted by molar-refractivity contribution is 8.93. The van der Waals surface area contributed by atoms with Gasteiger partial charge in [0, 0.05) is 5.41 Å². The maximum Gasteiger partial charge on any atom is 0.0697 e. The Morgan fingerprint density at radius 3 is 1.29 bits per heavy atom. The van der Waals surface area contributed by atoms with Gasteiger partial charge in [-0.1, -0.05) is 54.9 Å². The van der Waals surface area contributed by atoms with E-state index in [2.05, 4.69) is 48.5 Å². The predicted octanol–water partition coefficient (Wildman–Crippen LogP) is 5.82. The fourth-order valence-electron chi connectivity index (χ4n) is 4.90. The summed E-state index contributed by atoms with van der Waals surface area (Å²) in [6.07, 6.45) is 6.50. The summed E-state index contributed by atoms with van der Waals surface area (Å²) in [6, 6.07) is 0. The standard InChI is InChI=1S/C17H38N2.2BrH/c1-8-14(7)15(9-2,10-3)16(11-4,12-5)17(18,19)13-6;;/h14H,8-13,18-19H2,1-7H3;2*1H. The van der Waals surface area contributed by atoms with Crippen molar-refractivity contribution in [3.05, 3.63) is 0 Å². The Kier molecular flexibility index (Phi) is 13.5. The van der Waals surface area contributed by atoms with Gasteiger partial charge in [0.05, 0.1) is 5.66 Å². The van der Waals surface area contributed by atoms with Crippen molar-refractivity contribution in [2.45, 2.75) is 92.7 Å². The monoisotopic (exact) mass is 430 g/mol. The van der Waals surface area contributed by atoms with Gasteiger partial charge in [-0.15, -0.1) is 34.0 Å². The van der Waals surface area contributed by atoms with E-state index in [0.29, 0.717) is 5.92 Å². The van der Waals surface area contributed by atoms with Gasteiger partial charge < -0.3 is 11.5 Å². The van der Waals surface area contributed by atoms with Crippen molar-refractivity contribution in [3.63, 3.8) is 0 Å². The van der Waals surface area contributed by atoms with Gasteiger partial charge >= 0.3 is 0 Å². The summed E-state index contributed by atoms with van der Waals surface area (Å²) in [5.74, 6) is 0.653. The lowest BCUT2D eigenvalue weighted by molar-refractivity contribution is -0.0932. The molecule has 4 N–H and O–H groups in total. The fourth-order valence-corrected chi connectivity index (χ4v) is 4.90. The molecule has 21 heavy (non-hydrogen) atoms. The minimum Gasteiger partial charge on any atom is -0.313 e. The molecule has 1 unspecified atom stereocenters. The summed E-state index contributed by atoms with van der Waals surface area (Å²) in [6.45, 7) is 16.0. The Hall–Kier alpha value is 0.880. The molecule has 0 aliphatic heterocycles.